The molecular weight excluding hydrogens is 262 g/mol. The SMILES string of the molecule is COc1cccc(NCc2cc(C(=O)O)sc2C)c1. The number of thiophene rings is 1. The Morgan fingerprint density at radius 3 is 2.84 bits per heavy atom. The fourth-order valence-electron chi connectivity index (χ4n) is 1.73. The minimum atomic E-state index is -0.874. The molecule has 0 unspecified atom stereocenters. The maximum Gasteiger partial charge on any atom is 0.345 e. The minimum Gasteiger partial charge on any atom is -0.497 e. The van der Waals surface area contributed by atoms with Crippen LogP contribution in [0.2, 0.25) is 0 Å². The number of benzene rings is 1. The van der Waals surface area contributed by atoms with Gasteiger partial charge in [0.05, 0.1) is 7.11 Å². The summed E-state index contributed by atoms with van der Waals surface area (Å²) in [5.41, 5.74) is 1.95. The third-order valence-electron chi connectivity index (χ3n) is 2.78. The summed E-state index contributed by atoms with van der Waals surface area (Å²) in [5, 5.41) is 12.2. The quantitative estimate of drug-likeness (QED) is 0.879. The molecular formula is C14H15NO3S. The van der Waals surface area contributed by atoms with Gasteiger partial charge in [0, 0.05) is 23.2 Å². The zero-order valence-electron chi connectivity index (χ0n) is 10.8. The van der Waals surface area contributed by atoms with Crippen molar-refractivity contribution in [2.75, 3.05) is 12.4 Å². The molecule has 0 bridgehead atoms. The number of carbonyl (C=O) groups is 1. The van der Waals surface area contributed by atoms with Gasteiger partial charge in [-0.05, 0) is 30.7 Å². The predicted octanol–water partition coefficient (Wildman–Crippen LogP) is 3.38. The van der Waals surface area contributed by atoms with Crippen LogP contribution in [0.15, 0.2) is 30.3 Å². The molecule has 0 aliphatic carbocycles. The highest BCUT2D eigenvalue weighted by atomic mass is 32.1. The summed E-state index contributed by atoms with van der Waals surface area (Å²) in [4.78, 5) is 12.3. The first-order valence-corrected chi connectivity index (χ1v) is 6.62. The molecule has 5 heteroatoms. The Morgan fingerprint density at radius 1 is 1.42 bits per heavy atom. The monoisotopic (exact) mass is 277 g/mol. The largest absolute Gasteiger partial charge is 0.497 e. The first-order valence-electron chi connectivity index (χ1n) is 5.80. The summed E-state index contributed by atoms with van der Waals surface area (Å²) in [6, 6.07) is 9.35. The van der Waals surface area contributed by atoms with Crippen molar-refractivity contribution in [3.8, 4) is 5.75 Å². The standard InChI is InChI=1S/C14H15NO3S/c1-9-10(6-13(19-9)14(16)17)8-15-11-4-3-5-12(7-11)18-2/h3-7,15H,8H2,1-2H3,(H,16,17). The highest BCUT2D eigenvalue weighted by Gasteiger charge is 2.10. The van der Waals surface area contributed by atoms with Gasteiger partial charge < -0.3 is 15.2 Å². The highest BCUT2D eigenvalue weighted by molar-refractivity contribution is 7.14. The van der Waals surface area contributed by atoms with Crippen LogP contribution in [0.3, 0.4) is 0 Å². The fourth-order valence-corrected chi connectivity index (χ4v) is 2.61. The number of carboxylic acids is 1. The lowest BCUT2D eigenvalue weighted by molar-refractivity contribution is 0.0702. The number of ether oxygens (including phenoxy) is 1. The molecule has 0 radical (unpaired) electrons. The molecule has 0 saturated heterocycles. The molecule has 1 aromatic carbocycles. The molecule has 4 nitrogen and oxygen atoms in total. The first kappa shape index (κ1) is 13.4. The Morgan fingerprint density at radius 2 is 2.21 bits per heavy atom. The fraction of sp³-hybridized carbons (Fsp3) is 0.214. The van der Waals surface area contributed by atoms with Crippen molar-refractivity contribution in [3.05, 3.63) is 45.6 Å². The average Bonchev–Trinajstić information content (AvgIpc) is 2.78. The first-order chi connectivity index (χ1) is 9.10. The molecule has 0 aliphatic rings. The van der Waals surface area contributed by atoms with Crippen molar-refractivity contribution < 1.29 is 14.6 Å². The van der Waals surface area contributed by atoms with Crippen LogP contribution in [0.5, 0.6) is 5.75 Å². The Kier molecular flexibility index (Phi) is 4.06. The van der Waals surface area contributed by atoms with E-state index in [1.165, 1.54) is 11.3 Å². The molecule has 2 aromatic rings. The second-order valence-electron chi connectivity index (χ2n) is 4.08. The lowest BCUT2D eigenvalue weighted by Gasteiger charge is -2.07. The molecule has 2 N–H and O–H groups in total. The van der Waals surface area contributed by atoms with Crippen molar-refractivity contribution in [1.82, 2.24) is 0 Å². The van der Waals surface area contributed by atoms with Crippen LogP contribution in [0.1, 0.15) is 20.1 Å². The normalized spacial score (nSPS) is 10.2. The van der Waals surface area contributed by atoms with Crippen LogP contribution < -0.4 is 10.1 Å². The van der Waals surface area contributed by atoms with Crippen LogP contribution in [0, 0.1) is 6.92 Å². The molecule has 2 rings (SSSR count). The number of hydrogen-bond acceptors (Lipinski definition) is 4. The van der Waals surface area contributed by atoms with Crippen LogP contribution in [-0.2, 0) is 6.54 Å². The second-order valence-corrected chi connectivity index (χ2v) is 5.34. The molecule has 0 aliphatic heterocycles. The third kappa shape index (κ3) is 3.26. The molecule has 100 valence electrons. The van der Waals surface area contributed by atoms with E-state index >= 15 is 0 Å². The smallest absolute Gasteiger partial charge is 0.345 e. The van der Waals surface area contributed by atoms with Crippen molar-refractivity contribution in [3.63, 3.8) is 0 Å². The number of hydrogen-bond donors (Lipinski definition) is 2. The summed E-state index contributed by atoms with van der Waals surface area (Å²) in [6.45, 7) is 2.53. The number of rotatable bonds is 5. The summed E-state index contributed by atoms with van der Waals surface area (Å²) >= 11 is 1.30. The van der Waals surface area contributed by atoms with E-state index < -0.39 is 5.97 Å². The molecule has 0 saturated carbocycles. The van der Waals surface area contributed by atoms with Crippen LogP contribution in [0.25, 0.3) is 0 Å². The van der Waals surface area contributed by atoms with Crippen molar-refractivity contribution >= 4 is 23.0 Å². The van der Waals surface area contributed by atoms with E-state index in [0.29, 0.717) is 11.4 Å². The van der Waals surface area contributed by atoms with Gasteiger partial charge >= 0.3 is 5.97 Å². The number of nitrogens with one attached hydrogen (secondary N) is 1. The van der Waals surface area contributed by atoms with Gasteiger partial charge in [-0.3, -0.25) is 0 Å². The Bertz CT molecular complexity index is 592. The topological polar surface area (TPSA) is 58.6 Å². The summed E-state index contributed by atoms with van der Waals surface area (Å²) in [7, 11) is 1.63. The van der Waals surface area contributed by atoms with E-state index in [9.17, 15) is 4.79 Å². The van der Waals surface area contributed by atoms with Gasteiger partial charge in [0.25, 0.3) is 0 Å². The third-order valence-corrected chi connectivity index (χ3v) is 3.86. The van der Waals surface area contributed by atoms with Crippen molar-refractivity contribution in [2.45, 2.75) is 13.5 Å². The van der Waals surface area contributed by atoms with E-state index in [0.717, 1.165) is 21.9 Å². The van der Waals surface area contributed by atoms with Gasteiger partial charge in [0.2, 0.25) is 0 Å². The minimum absolute atomic E-state index is 0.375. The summed E-state index contributed by atoms with van der Waals surface area (Å²) in [6.07, 6.45) is 0. The Hall–Kier alpha value is -2.01. The number of aromatic carboxylic acids is 1. The second kappa shape index (κ2) is 5.75. The van der Waals surface area contributed by atoms with Gasteiger partial charge in [0.15, 0.2) is 0 Å². The number of methoxy groups -OCH3 is 1. The lowest BCUT2D eigenvalue weighted by atomic mass is 10.2. The van der Waals surface area contributed by atoms with Crippen molar-refractivity contribution in [1.29, 1.82) is 0 Å². The van der Waals surface area contributed by atoms with Crippen LogP contribution in [0.4, 0.5) is 5.69 Å². The van der Waals surface area contributed by atoms with E-state index in [1.807, 2.05) is 31.2 Å². The van der Waals surface area contributed by atoms with E-state index in [-0.39, 0.29) is 0 Å². The Balaban J connectivity index is 2.07. The zero-order valence-corrected chi connectivity index (χ0v) is 11.6. The number of aryl methyl sites for hydroxylation is 1. The summed E-state index contributed by atoms with van der Waals surface area (Å²) in [5.74, 6) is -0.0843. The number of anilines is 1. The van der Waals surface area contributed by atoms with Crippen LogP contribution >= 0.6 is 11.3 Å². The zero-order chi connectivity index (χ0) is 13.8. The van der Waals surface area contributed by atoms with Gasteiger partial charge in [-0.15, -0.1) is 11.3 Å². The van der Waals surface area contributed by atoms with Gasteiger partial charge in [-0.1, -0.05) is 6.07 Å². The average molecular weight is 277 g/mol. The lowest BCUT2D eigenvalue weighted by Crippen LogP contribution is -1.99. The summed E-state index contributed by atoms with van der Waals surface area (Å²) < 4.78 is 5.15. The molecule has 0 fully saturated rings. The van der Waals surface area contributed by atoms with E-state index in [2.05, 4.69) is 5.32 Å². The number of carboxylic acid groups (broad SMARTS) is 1. The maximum atomic E-state index is 10.9. The van der Waals surface area contributed by atoms with Gasteiger partial charge in [-0.25, -0.2) is 4.79 Å². The molecule has 0 spiro atoms. The highest BCUT2D eigenvalue weighted by Crippen LogP contribution is 2.23. The van der Waals surface area contributed by atoms with Gasteiger partial charge in [0.1, 0.15) is 10.6 Å². The Labute approximate surface area is 115 Å². The molecule has 1 heterocycles. The maximum absolute atomic E-state index is 10.9. The van der Waals surface area contributed by atoms with E-state index in [4.69, 9.17) is 9.84 Å². The molecule has 0 atom stereocenters. The van der Waals surface area contributed by atoms with E-state index in [1.54, 1.807) is 13.2 Å². The predicted molar refractivity (Wildman–Crippen MR) is 76.3 cm³/mol. The molecule has 19 heavy (non-hydrogen) atoms. The molecule has 1 aromatic heterocycles. The van der Waals surface area contributed by atoms with Gasteiger partial charge in [-0.2, -0.15) is 0 Å². The molecule has 0 amide bonds. The van der Waals surface area contributed by atoms with Crippen LogP contribution in [-0.4, -0.2) is 18.2 Å². The van der Waals surface area contributed by atoms with Crippen molar-refractivity contribution in [2.24, 2.45) is 0 Å².